The van der Waals surface area contributed by atoms with Crippen LogP contribution in [0, 0.1) is 0 Å². The fourth-order valence-electron chi connectivity index (χ4n) is 3.39. The second-order valence-electron chi connectivity index (χ2n) is 7.96. The highest BCUT2D eigenvalue weighted by molar-refractivity contribution is 9.10. The molecule has 186 valence electrons. The van der Waals surface area contributed by atoms with Gasteiger partial charge in [-0.25, -0.2) is 0 Å². The maximum Gasteiger partial charge on any atom is 0.234 e. The van der Waals surface area contributed by atoms with E-state index >= 15 is 0 Å². The number of unbranched alkanes of at least 4 members (excludes halogenated alkanes) is 1. The molecule has 1 N–H and O–H groups in total. The number of aryl methyl sites for hydroxylation is 2. The molecule has 0 atom stereocenters. The lowest BCUT2D eigenvalue weighted by Crippen LogP contribution is -2.15. The van der Waals surface area contributed by atoms with E-state index in [0.29, 0.717) is 29.8 Å². The molecule has 0 aliphatic carbocycles. The quantitative estimate of drug-likeness (QED) is 0.127. The van der Waals surface area contributed by atoms with Gasteiger partial charge in [0.15, 0.2) is 5.16 Å². The highest BCUT2D eigenvalue weighted by Crippen LogP contribution is 2.28. The summed E-state index contributed by atoms with van der Waals surface area (Å²) in [4.78, 5) is 12.5. The number of carbonyl (C=O) groups excluding carboxylic acids is 1. The molecule has 0 aliphatic rings. The Bertz CT molecular complexity index is 1120. The summed E-state index contributed by atoms with van der Waals surface area (Å²) in [7, 11) is 0. The lowest BCUT2D eigenvalue weighted by molar-refractivity contribution is -0.113. The predicted molar refractivity (Wildman–Crippen MR) is 148 cm³/mol. The van der Waals surface area contributed by atoms with Crippen LogP contribution >= 0.6 is 39.3 Å². The third-order valence-corrected chi connectivity index (χ3v) is 7.01. The van der Waals surface area contributed by atoms with Gasteiger partial charge >= 0.3 is 0 Å². The van der Waals surface area contributed by atoms with Crippen molar-refractivity contribution in [2.24, 2.45) is 0 Å². The van der Waals surface area contributed by atoms with Crippen molar-refractivity contribution in [1.29, 1.82) is 0 Å². The summed E-state index contributed by atoms with van der Waals surface area (Å²) in [6, 6.07) is 13.5. The van der Waals surface area contributed by atoms with Crippen molar-refractivity contribution in [3.05, 3.63) is 76.0 Å². The monoisotopic (exact) mass is 576 g/mol. The molecule has 1 amide bonds. The predicted octanol–water partition coefficient (Wildman–Crippen LogP) is 6.97. The van der Waals surface area contributed by atoms with E-state index in [1.807, 2.05) is 22.8 Å². The van der Waals surface area contributed by atoms with Crippen LogP contribution in [0.2, 0.25) is 5.02 Å². The van der Waals surface area contributed by atoms with E-state index in [0.717, 1.165) is 34.6 Å². The van der Waals surface area contributed by atoms with Crippen molar-refractivity contribution in [1.82, 2.24) is 14.8 Å². The molecule has 6 nitrogen and oxygen atoms in total. The van der Waals surface area contributed by atoms with Gasteiger partial charge < -0.3 is 14.6 Å². The molecule has 2 aromatic carbocycles. The van der Waals surface area contributed by atoms with Gasteiger partial charge in [0.1, 0.15) is 11.6 Å². The molecule has 0 bridgehead atoms. The maximum absolute atomic E-state index is 12.5. The highest BCUT2D eigenvalue weighted by atomic mass is 79.9. The Kier molecular flexibility index (Phi) is 11.2. The largest absolute Gasteiger partial charge is 0.492 e. The van der Waals surface area contributed by atoms with Crippen molar-refractivity contribution in [3.8, 4) is 5.75 Å². The Balaban J connectivity index is 1.49. The molecule has 1 aromatic heterocycles. The first-order valence-corrected chi connectivity index (χ1v) is 13.8. The fourth-order valence-corrected chi connectivity index (χ4v) is 4.95. The third kappa shape index (κ3) is 8.70. The number of rotatable bonds is 14. The second kappa shape index (κ2) is 14.3. The van der Waals surface area contributed by atoms with Crippen LogP contribution < -0.4 is 10.1 Å². The van der Waals surface area contributed by atoms with Crippen molar-refractivity contribution in [2.45, 2.75) is 50.7 Å². The first-order valence-electron chi connectivity index (χ1n) is 11.6. The average Bonchev–Trinajstić information content (AvgIpc) is 3.23. The van der Waals surface area contributed by atoms with Gasteiger partial charge in [0.05, 0.1) is 16.8 Å². The number of halogens is 2. The number of ether oxygens (including phenoxy) is 1. The van der Waals surface area contributed by atoms with Crippen molar-refractivity contribution < 1.29 is 9.53 Å². The number of allylic oxidation sites excluding steroid dienone is 1. The maximum atomic E-state index is 12.5. The molecule has 0 fully saturated rings. The molecule has 0 saturated heterocycles. The summed E-state index contributed by atoms with van der Waals surface area (Å²) in [5.74, 6) is 1.77. The molecule has 0 radical (unpaired) electrons. The van der Waals surface area contributed by atoms with Crippen molar-refractivity contribution in [3.63, 3.8) is 0 Å². The van der Waals surface area contributed by atoms with Gasteiger partial charge in [0.2, 0.25) is 5.91 Å². The van der Waals surface area contributed by atoms with Gasteiger partial charge in [0.25, 0.3) is 0 Å². The molecule has 9 heteroatoms. The molecule has 0 aliphatic heterocycles. The number of benzene rings is 2. The van der Waals surface area contributed by atoms with Crippen LogP contribution in [0.15, 0.2) is 64.7 Å². The fraction of sp³-hybridized carbons (Fsp3) is 0.346. The van der Waals surface area contributed by atoms with Gasteiger partial charge in [-0.15, -0.1) is 16.8 Å². The van der Waals surface area contributed by atoms with E-state index in [2.05, 4.69) is 57.1 Å². The number of carbonyl (C=O) groups is 1. The summed E-state index contributed by atoms with van der Waals surface area (Å²) < 4.78 is 8.66. The Morgan fingerprint density at radius 2 is 2.00 bits per heavy atom. The highest BCUT2D eigenvalue weighted by Gasteiger charge is 2.14. The SMILES string of the molecule is C=CCn1c(CCCOc2ccc(Cl)cc2Br)nnc1SCC(=O)Nc1ccc(CCCC)cc1. The third-order valence-electron chi connectivity index (χ3n) is 5.19. The smallest absolute Gasteiger partial charge is 0.234 e. The normalized spacial score (nSPS) is 10.8. The van der Waals surface area contributed by atoms with Crippen LogP contribution in [0.1, 0.15) is 37.6 Å². The topological polar surface area (TPSA) is 69.0 Å². The van der Waals surface area contributed by atoms with E-state index in [4.69, 9.17) is 16.3 Å². The average molecular weight is 578 g/mol. The Labute approximate surface area is 224 Å². The Hall–Kier alpha value is -2.29. The van der Waals surface area contributed by atoms with Gasteiger partial charge in [-0.05, 0) is 71.1 Å². The number of thioether (sulfide) groups is 1. The van der Waals surface area contributed by atoms with Crippen LogP contribution in [0.25, 0.3) is 0 Å². The second-order valence-corrected chi connectivity index (χ2v) is 10.2. The standard InChI is InChI=1S/C26H30BrClN4O2S/c1-3-5-7-19-9-12-21(13-10-19)29-25(33)18-35-26-31-30-24(32(26)15-4-2)8-6-16-34-23-14-11-20(28)17-22(23)27/h4,9-14,17H,2-3,5-8,15-16,18H2,1H3,(H,29,33). The van der Waals surface area contributed by atoms with Crippen LogP contribution in [-0.4, -0.2) is 33.0 Å². The molecule has 1 heterocycles. The lowest BCUT2D eigenvalue weighted by atomic mass is 10.1. The van der Waals surface area contributed by atoms with E-state index in [-0.39, 0.29) is 11.7 Å². The van der Waals surface area contributed by atoms with Crippen LogP contribution in [0.4, 0.5) is 5.69 Å². The zero-order valence-corrected chi connectivity index (χ0v) is 23.0. The summed E-state index contributed by atoms with van der Waals surface area (Å²) in [6.45, 7) is 7.13. The zero-order valence-electron chi connectivity index (χ0n) is 19.8. The number of hydrogen-bond donors (Lipinski definition) is 1. The minimum atomic E-state index is -0.0760. The Morgan fingerprint density at radius 1 is 1.20 bits per heavy atom. The number of hydrogen-bond acceptors (Lipinski definition) is 5. The molecular formula is C26H30BrClN4O2S. The molecule has 3 rings (SSSR count). The van der Waals surface area contributed by atoms with E-state index in [1.54, 1.807) is 18.2 Å². The van der Waals surface area contributed by atoms with Crippen LogP contribution in [0.3, 0.4) is 0 Å². The van der Waals surface area contributed by atoms with Crippen molar-refractivity contribution >= 4 is 50.9 Å². The van der Waals surface area contributed by atoms with Gasteiger partial charge in [0, 0.05) is 23.7 Å². The van der Waals surface area contributed by atoms with Gasteiger partial charge in [-0.3, -0.25) is 4.79 Å². The molecule has 0 saturated carbocycles. The molecule has 0 spiro atoms. The summed E-state index contributed by atoms with van der Waals surface area (Å²) >= 11 is 10.8. The van der Waals surface area contributed by atoms with E-state index in [9.17, 15) is 4.79 Å². The minimum Gasteiger partial charge on any atom is -0.492 e. The van der Waals surface area contributed by atoms with E-state index in [1.165, 1.54) is 30.2 Å². The van der Waals surface area contributed by atoms with Gasteiger partial charge in [-0.2, -0.15) is 0 Å². The van der Waals surface area contributed by atoms with Crippen LogP contribution in [-0.2, 0) is 24.2 Å². The molecule has 0 unspecified atom stereocenters. The molecule has 3 aromatic rings. The Morgan fingerprint density at radius 3 is 2.71 bits per heavy atom. The summed E-state index contributed by atoms with van der Waals surface area (Å²) in [6.07, 6.45) is 6.67. The van der Waals surface area contributed by atoms with Crippen LogP contribution in [0.5, 0.6) is 5.75 Å². The summed E-state index contributed by atoms with van der Waals surface area (Å²) in [5.41, 5.74) is 2.09. The minimum absolute atomic E-state index is 0.0760. The zero-order chi connectivity index (χ0) is 25.0. The lowest BCUT2D eigenvalue weighted by Gasteiger charge is -2.10. The number of anilines is 1. The number of aromatic nitrogens is 3. The first kappa shape index (κ1) is 27.3. The first-order chi connectivity index (χ1) is 17.0. The molecule has 35 heavy (non-hydrogen) atoms. The van der Waals surface area contributed by atoms with E-state index < -0.39 is 0 Å². The number of nitrogens with zero attached hydrogens (tertiary/aromatic N) is 3. The van der Waals surface area contributed by atoms with Crippen molar-refractivity contribution in [2.75, 3.05) is 17.7 Å². The molecular weight excluding hydrogens is 548 g/mol. The summed E-state index contributed by atoms with van der Waals surface area (Å²) in [5, 5.41) is 12.9. The number of amides is 1. The number of nitrogens with one attached hydrogen (secondary N) is 1. The van der Waals surface area contributed by atoms with Gasteiger partial charge in [-0.1, -0.05) is 54.9 Å².